The molecule has 5 nitrogen and oxygen atoms in total. The highest BCUT2D eigenvalue weighted by atomic mass is 19.2. The first-order valence-corrected chi connectivity index (χ1v) is 8.62. The SMILES string of the molecule is CCOc1ccccc1C(=O)NC(C(=O)Nc1ccc(F)c(F)c1)C(C)C. The summed E-state index contributed by atoms with van der Waals surface area (Å²) in [6.45, 7) is 5.74. The molecule has 2 amide bonds. The fourth-order valence-corrected chi connectivity index (χ4v) is 2.48. The predicted octanol–water partition coefficient (Wildman–Crippen LogP) is 3.76. The Kier molecular flexibility index (Phi) is 6.87. The van der Waals surface area contributed by atoms with Crippen LogP contribution in [-0.4, -0.2) is 24.5 Å². The maximum Gasteiger partial charge on any atom is 0.255 e. The van der Waals surface area contributed by atoms with Crippen LogP contribution in [0.1, 0.15) is 31.1 Å². The van der Waals surface area contributed by atoms with Gasteiger partial charge in [-0.05, 0) is 37.1 Å². The van der Waals surface area contributed by atoms with Gasteiger partial charge in [0.15, 0.2) is 11.6 Å². The number of carbonyl (C=O) groups is 2. The lowest BCUT2D eigenvalue weighted by Gasteiger charge is -2.22. The molecular formula is C20H22F2N2O3. The van der Waals surface area contributed by atoms with Crippen molar-refractivity contribution in [2.75, 3.05) is 11.9 Å². The average Bonchev–Trinajstić information content (AvgIpc) is 2.63. The van der Waals surface area contributed by atoms with E-state index < -0.39 is 29.5 Å². The van der Waals surface area contributed by atoms with Gasteiger partial charge in [-0.15, -0.1) is 0 Å². The van der Waals surface area contributed by atoms with E-state index in [0.29, 0.717) is 17.9 Å². The van der Waals surface area contributed by atoms with E-state index in [0.717, 1.165) is 12.1 Å². The number of hydrogen-bond acceptors (Lipinski definition) is 3. The highest BCUT2D eigenvalue weighted by Gasteiger charge is 2.26. The Labute approximate surface area is 156 Å². The van der Waals surface area contributed by atoms with Gasteiger partial charge in [0.25, 0.3) is 5.91 Å². The molecule has 2 aromatic carbocycles. The molecular weight excluding hydrogens is 354 g/mol. The molecule has 27 heavy (non-hydrogen) atoms. The number of rotatable bonds is 7. The van der Waals surface area contributed by atoms with Crippen molar-refractivity contribution in [3.63, 3.8) is 0 Å². The molecule has 0 saturated heterocycles. The number of ether oxygens (including phenoxy) is 1. The number of benzene rings is 2. The highest BCUT2D eigenvalue weighted by molar-refractivity contribution is 6.02. The summed E-state index contributed by atoms with van der Waals surface area (Å²) in [5.41, 5.74) is 0.416. The van der Waals surface area contributed by atoms with E-state index in [1.807, 2.05) is 0 Å². The Morgan fingerprint density at radius 2 is 1.78 bits per heavy atom. The van der Waals surface area contributed by atoms with Crippen LogP contribution in [0.15, 0.2) is 42.5 Å². The van der Waals surface area contributed by atoms with Crippen molar-refractivity contribution in [2.45, 2.75) is 26.8 Å². The maximum absolute atomic E-state index is 13.3. The zero-order valence-electron chi connectivity index (χ0n) is 15.4. The molecule has 0 aliphatic rings. The van der Waals surface area contributed by atoms with Gasteiger partial charge < -0.3 is 15.4 Å². The summed E-state index contributed by atoms with van der Waals surface area (Å²) in [5, 5.41) is 5.18. The number of anilines is 1. The lowest BCUT2D eigenvalue weighted by atomic mass is 10.0. The smallest absolute Gasteiger partial charge is 0.255 e. The normalized spacial score (nSPS) is 11.8. The van der Waals surface area contributed by atoms with Crippen molar-refractivity contribution in [3.05, 3.63) is 59.7 Å². The topological polar surface area (TPSA) is 67.4 Å². The first kappa shape index (κ1) is 20.4. The second-order valence-electron chi connectivity index (χ2n) is 6.24. The lowest BCUT2D eigenvalue weighted by molar-refractivity contribution is -0.118. The van der Waals surface area contributed by atoms with Gasteiger partial charge in [-0.1, -0.05) is 26.0 Å². The predicted molar refractivity (Wildman–Crippen MR) is 98.7 cm³/mol. The number of hydrogen-bond donors (Lipinski definition) is 2. The standard InChI is InChI=1S/C20H22F2N2O3/c1-4-27-17-8-6-5-7-14(17)19(25)24-18(12(2)3)20(26)23-13-9-10-15(21)16(22)11-13/h5-12,18H,4H2,1-3H3,(H,23,26)(H,24,25). The molecule has 0 aliphatic heterocycles. The molecule has 0 aliphatic carbocycles. The van der Waals surface area contributed by atoms with Crippen LogP contribution < -0.4 is 15.4 Å². The van der Waals surface area contributed by atoms with E-state index >= 15 is 0 Å². The third-order valence-electron chi connectivity index (χ3n) is 3.85. The molecule has 0 aromatic heterocycles. The summed E-state index contributed by atoms with van der Waals surface area (Å²) < 4.78 is 31.8. The van der Waals surface area contributed by atoms with Gasteiger partial charge in [-0.25, -0.2) is 8.78 Å². The minimum Gasteiger partial charge on any atom is -0.493 e. The zero-order chi connectivity index (χ0) is 20.0. The number of para-hydroxylation sites is 1. The van der Waals surface area contributed by atoms with Gasteiger partial charge in [0, 0.05) is 11.8 Å². The van der Waals surface area contributed by atoms with Crippen molar-refractivity contribution in [2.24, 2.45) is 5.92 Å². The van der Waals surface area contributed by atoms with Gasteiger partial charge in [0.05, 0.1) is 12.2 Å². The Morgan fingerprint density at radius 3 is 2.41 bits per heavy atom. The van der Waals surface area contributed by atoms with Gasteiger partial charge >= 0.3 is 0 Å². The fraction of sp³-hybridized carbons (Fsp3) is 0.300. The first-order valence-electron chi connectivity index (χ1n) is 8.62. The van der Waals surface area contributed by atoms with Gasteiger partial charge in [-0.2, -0.15) is 0 Å². The quantitative estimate of drug-likeness (QED) is 0.773. The van der Waals surface area contributed by atoms with Crippen molar-refractivity contribution in [1.82, 2.24) is 5.32 Å². The van der Waals surface area contributed by atoms with Gasteiger partial charge in [0.2, 0.25) is 5.91 Å². The Bertz CT molecular complexity index is 825. The third kappa shape index (κ3) is 5.26. The molecule has 7 heteroatoms. The summed E-state index contributed by atoms with van der Waals surface area (Å²) >= 11 is 0. The molecule has 0 heterocycles. The van der Waals surface area contributed by atoms with Crippen molar-refractivity contribution < 1.29 is 23.1 Å². The minimum atomic E-state index is -1.07. The summed E-state index contributed by atoms with van der Waals surface area (Å²) in [6.07, 6.45) is 0. The van der Waals surface area contributed by atoms with E-state index in [2.05, 4.69) is 10.6 Å². The van der Waals surface area contributed by atoms with Crippen LogP contribution in [-0.2, 0) is 4.79 Å². The van der Waals surface area contributed by atoms with E-state index in [1.165, 1.54) is 6.07 Å². The number of halogens is 2. The average molecular weight is 376 g/mol. The Morgan fingerprint density at radius 1 is 1.07 bits per heavy atom. The van der Waals surface area contributed by atoms with Crippen LogP contribution in [0.25, 0.3) is 0 Å². The monoisotopic (exact) mass is 376 g/mol. The van der Waals surface area contributed by atoms with Crippen LogP contribution in [0.2, 0.25) is 0 Å². The van der Waals surface area contributed by atoms with Crippen molar-refractivity contribution >= 4 is 17.5 Å². The van der Waals surface area contributed by atoms with Gasteiger partial charge in [0.1, 0.15) is 11.8 Å². The summed E-state index contributed by atoms with van der Waals surface area (Å²) in [6, 6.07) is 8.90. The molecule has 0 spiro atoms. The van der Waals surface area contributed by atoms with Gasteiger partial charge in [-0.3, -0.25) is 9.59 Å². The molecule has 2 N–H and O–H groups in total. The number of amides is 2. The molecule has 0 radical (unpaired) electrons. The van der Waals surface area contributed by atoms with Crippen molar-refractivity contribution in [3.8, 4) is 5.75 Å². The van der Waals surface area contributed by atoms with E-state index in [1.54, 1.807) is 45.0 Å². The Balaban J connectivity index is 2.16. The largest absolute Gasteiger partial charge is 0.493 e. The minimum absolute atomic E-state index is 0.105. The lowest BCUT2D eigenvalue weighted by Crippen LogP contribution is -2.47. The molecule has 2 aromatic rings. The van der Waals surface area contributed by atoms with Crippen LogP contribution in [0.3, 0.4) is 0 Å². The Hall–Kier alpha value is -2.96. The molecule has 1 unspecified atom stereocenters. The second-order valence-corrected chi connectivity index (χ2v) is 6.24. The first-order chi connectivity index (χ1) is 12.8. The molecule has 0 saturated carbocycles. The third-order valence-corrected chi connectivity index (χ3v) is 3.85. The second kappa shape index (κ2) is 9.12. The molecule has 1 atom stereocenters. The molecule has 2 rings (SSSR count). The summed E-state index contributed by atoms with van der Waals surface area (Å²) in [4.78, 5) is 25.2. The maximum atomic E-state index is 13.3. The van der Waals surface area contributed by atoms with Crippen molar-refractivity contribution in [1.29, 1.82) is 0 Å². The van der Waals surface area contributed by atoms with Crippen LogP contribution in [0, 0.1) is 17.6 Å². The van der Waals surface area contributed by atoms with Crippen LogP contribution >= 0.6 is 0 Å². The van der Waals surface area contributed by atoms with E-state index in [-0.39, 0.29) is 11.6 Å². The number of nitrogens with one attached hydrogen (secondary N) is 2. The van der Waals surface area contributed by atoms with Crippen LogP contribution in [0.4, 0.5) is 14.5 Å². The summed E-state index contributed by atoms with van der Waals surface area (Å²) in [5.74, 6) is -2.88. The van der Waals surface area contributed by atoms with E-state index in [4.69, 9.17) is 4.74 Å². The van der Waals surface area contributed by atoms with Crippen LogP contribution in [0.5, 0.6) is 5.75 Å². The number of carbonyl (C=O) groups excluding carboxylic acids is 2. The molecule has 0 bridgehead atoms. The van der Waals surface area contributed by atoms with E-state index in [9.17, 15) is 18.4 Å². The fourth-order valence-electron chi connectivity index (χ4n) is 2.48. The highest BCUT2D eigenvalue weighted by Crippen LogP contribution is 2.19. The molecule has 0 fully saturated rings. The summed E-state index contributed by atoms with van der Waals surface area (Å²) in [7, 11) is 0. The zero-order valence-corrected chi connectivity index (χ0v) is 15.4. The molecule has 144 valence electrons.